The van der Waals surface area contributed by atoms with Crippen LogP contribution in [-0.2, 0) is 4.79 Å². The van der Waals surface area contributed by atoms with E-state index >= 15 is 0 Å². The number of nitrogens with one attached hydrogen (secondary N) is 1. The van der Waals surface area contributed by atoms with Crippen LogP contribution in [0, 0.1) is 5.92 Å². The Morgan fingerprint density at radius 1 is 1.50 bits per heavy atom. The number of rotatable bonds is 3. The van der Waals surface area contributed by atoms with E-state index in [0.717, 1.165) is 19.3 Å². The third kappa shape index (κ3) is 3.48. The van der Waals surface area contributed by atoms with Crippen molar-refractivity contribution in [3.05, 3.63) is 10.6 Å². The minimum atomic E-state index is -0.0440. The van der Waals surface area contributed by atoms with Gasteiger partial charge >= 0.3 is 0 Å². The average molecular weight is 237 g/mol. The van der Waals surface area contributed by atoms with E-state index < -0.39 is 0 Å². The molecule has 0 aromatic carbocycles. The van der Waals surface area contributed by atoms with Crippen molar-refractivity contribution < 1.29 is 4.79 Å². The Morgan fingerprint density at radius 3 is 2.71 bits per heavy atom. The fourth-order valence-electron chi connectivity index (χ4n) is 1.67. The van der Waals surface area contributed by atoms with Crippen LogP contribution >= 0.6 is 23.2 Å². The number of hydrogen-bond acceptors (Lipinski definition) is 2. The van der Waals surface area contributed by atoms with Crippen molar-refractivity contribution in [3.63, 3.8) is 0 Å². The van der Waals surface area contributed by atoms with Crippen molar-refractivity contribution in [2.45, 2.75) is 25.3 Å². The summed E-state index contributed by atoms with van der Waals surface area (Å²) in [5, 5.41) is 2.72. The van der Waals surface area contributed by atoms with Crippen LogP contribution in [0.3, 0.4) is 0 Å². The molecule has 1 aliphatic carbocycles. The van der Waals surface area contributed by atoms with Crippen molar-refractivity contribution in [3.8, 4) is 0 Å². The Balaban J connectivity index is 2.31. The molecule has 0 bridgehead atoms. The van der Waals surface area contributed by atoms with E-state index in [1.807, 2.05) is 0 Å². The van der Waals surface area contributed by atoms with E-state index in [2.05, 4.69) is 5.32 Å². The molecule has 14 heavy (non-hydrogen) atoms. The standard InChI is InChI=1S/C9H14Cl2N2O/c10-8(11)4-5-13-9(14)6-2-1-3-7(6)12/h4,6-7H,1-3,5,12H2,(H,13,14). The van der Waals surface area contributed by atoms with Crippen LogP contribution in [0.2, 0.25) is 0 Å². The molecule has 1 amide bonds. The summed E-state index contributed by atoms with van der Waals surface area (Å²) in [7, 11) is 0. The zero-order valence-corrected chi connectivity index (χ0v) is 9.31. The topological polar surface area (TPSA) is 55.1 Å². The van der Waals surface area contributed by atoms with Gasteiger partial charge in [-0.3, -0.25) is 4.79 Å². The SMILES string of the molecule is NC1CCCC1C(=O)NCC=C(Cl)Cl. The molecule has 0 heterocycles. The number of hydrogen-bond donors (Lipinski definition) is 2. The molecule has 1 rings (SSSR count). The summed E-state index contributed by atoms with van der Waals surface area (Å²) in [4.78, 5) is 11.5. The molecule has 1 saturated carbocycles. The van der Waals surface area contributed by atoms with Gasteiger partial charge in [-0.15, -0.1) is 0 Å². The third-order valence-electron chi connectivity index (χ3n) is 2.44. The lowest BCUT2D eigenvalue weighted by Gasteiger charge is -2.13. The maximum Gasteiger partial charge on any atom is 0.224 e. The highest BCUT2D eigenvalue weighted by Crippen LogP contribution is 2.23. The van der Waals surface area contributed by atoms with E-state index in [0.29, 0.717) is 6.54 Å². The summed E-state index contributed by atoms with van der Waals surface area (Å²) < 4.78 is 0.168. The largest absolute Gasteiger partial charge is 0.352 e. The Morgan fingerprint density at radius 2 is 2.21 bits per heavy atom. The zero-order valence-electron chi connectivity index (χ0n) is 7.80. The molecule has 2 atom stereocenters. The quantitative estimate of drug-likeness (QED) is 0.782. The van der Waals surface area contributed by atoms with E-state index in [9.17, 15) is 4.79 Å². The molecular weight excluding hydrogens is 223 g/mol. The molecule has 3 N–H and O–H groups in total. The number of nitrogens with two attached hydrogens (primary N) is 1. The van der Waals surface area contributed by atoms with Crippen LogP contribution in [-0.4, -0.2) is 18.5 Å². The average Bonchev–Trinajstić information content (AvgIpc) is 2.50. The molecule has 1 aliphatic rings. The number of halogens is 2. The highest BCUT2D eigenvalue weighted by atomic mass is 35.5. The van der Waals surface area contributed by atoms with Gasteiger partial charge in [-0.2, -0.15) is 0 Å². The lowest BCUT2D eigenvalue weighted by molar-refractivity contribution is -0.124. The van der Waals surface area contributed by atoms with E-state index in [4.69, 9.17) is 28.9 Å². The van der Waals surface area contributed by atoms with Crippen LogP contribution in [0.1, 0.15) is 19.3 Å². The highest BCUT2D eigenvalue weighted by molar-refractivity contribution is 6.55. The monoisotopic (exact) mass is 236 g/mol. The summed E-state index contributed by atoms with van der Waals surface area (Å²) in [5.74, 6) is -0.0432. The second kappa shape index (κ2) is 5.59. The van der Waals surface area contributed by atoms with Crippen molar-refractivity contribution in [1.29, 1.82) is 0 Å². The van der Waals surface area contributed by atoms with Gasteiger partial charge in [0.05, 0.1) is 5.92 Å². The molecule has 0 saturated heterocycles. The third-order valence-corrected chi connectivity index (χ3v) is 2.75. The van der Waals surface area contributed by atoms with Gasteiger partial charge in [0.15, 0.2) is 0 Å². The molecular formula is C9H14Cl2N2O. The normalized spacial score (nSPS) is 25.9. The first-order valence-corrected chi connectivity index (χ1v) is 5.41. The van der Waals surface area contributed by atoms with Gasteiger partial charge in [0.1, 0.15) is 4.49 Å². The first kappa shape index (κ1) is 11.8. The maximum atomic E-state index is 11.5. The van der Waals surface area contributed by atoms with Crippen molar-refractivity contribution in [1.82, 2.24) is 5.32 Å². The van der Waals surface area contributed by atoms with Crippen molar-refractivity contribution >= 4 is 29.1 Å². The Hall–Kier alpha value is -0.250. The highest BCUT2D eigenvalue weighted by Gasteiger charge is 2.29. The summed E-state index contributed by atoms with van der Waals surface area (Å²) in [5.41, 5.74) is 5.78. The Kier molecular flexibility index (Phi) is 4.72. The molecule has 0 radical (unpaired) electrons. The summed E-state index contributed by atoms with van der Waals surface area (Å²) in [6.45, 7) is 0.365. The first-order chi connectivity index (χ1) is 6.61. The van der Waals surface area contributed by atoms with Gasteiger partial charge in [0.2, 0.25) is 5.91 Å². The lowest BCUT2D eigenvalue weighted by atomic mass is 10.0. The minimum absolute atomic E-state index is 0.000772. The van der Waals surface area contributed by atoms with Gasteiger partial charge in [0, 0.05) is 12.6 Å². The molecule has 0 aromatic heterocycles. The number of amides is 1. The van der Waals surface area contributed by atoms with Gasteiger partial charge in [-0.1, -0.05) is 29.6 Å². The number of carbonyl (C=O) groups is 1. The fraction of sp³-hybridized carbons (Fsp3) is 0.667. The minimum Gasteiger partial charge on any atom is -0.352 e. The van der Waals surface area contributed by atoms with E-state index in [-0.39, 0.29) is 22.4 Å². The lowest BCUT2D eigenvalue weighted by Crippen LogP contribution is -2.38. The van der Waals surface area contributed by atoms with Crippen LogP contribution < -0.4 is 11.1 Å². The second-order valence-electron chi connectivity index (χ2n) is 3.44. The van der Waals surface area contributed by atoms with Crippen LogP contribution in [0.15, 0.2) is 10.6 Å². The molecule has 0 spiro atoms. The summed E-state index contributed by atoms with van der Waals surface area (Å²) >= 11 is 10.8. The number of carbonyl (C=O) groups excluding carboxylic acids is 1. The van der Waals surface area contributed by atoms with Gasteiger partial charge in [0.25, 0.3) is 0 Å². The molecule has 80 valence electrons. The predicted octanol–water partition coefficient (Wildman–Crippen LogP) is 1.55. The summed E-state index contributed by atoms with van der Waals surface area (Å²) in [6.07, 6.45) is 4.39. The predicted molar refractivity (Wildman–Crippen MR) is 58.1 cm³/mol. The second-order valence-corrected chi connectivity index (χ2v) is 4.45. The van der Waals surface area contributed by atoms with Gasteiger partial charge in [-0.25, -0.2) is 0 Å². The molecule has 5 heteroatoms. The molecule has 0 aliphatic heterocycles. The fourth-order valence-corrected chi connectivity index (χ4v) is 1.83. The van der Waals surface area contributed by atoms with Gasteiger partial charge < -0.3 is 11.1 Å². The van der Waals surface area contributed by atoms with Crippen molar-refractivity contribution in [2.24, 2.45) is 11.7 Å². The molecule has 2 unspecified atom stereocenters. The molecule has 3 nitrogen and oxygen atoms in total. The van der Waals surface area contributed by atoms with Crippen molar-refractivity contribution in [2.75, 3.05) is 6.54 Å². The smallest absolute Gasteiger partial charge is 0.224 e. The van der Waals surface area contributed by atoms with E-state index in [1.165, 1.54) is 0 Å². The zero-order chi connectivity index (χ0) is 10.6. The van der Waals surface area contributed by atoms with Crippen LogP contribution in [0.25, 0.3) is 0 Å². The Labute approximate surface area is 93.6 Å². The molecule has 0 aromatic rings. The van der Waals surface area contributed by atoms with Gasteiger partial charge in [-0.05, 0) is 18.9 Å². The maximum absolute atomic E-state index is 11.5. The van der Waals surface area contributed by atoms with Crippen LogP contribution in [0.5, 0.6) is 0 Å². The van der Waals surface area contributed by atoms with Crippen LogP contribution in [0.4, 0.5) is 0 Å². The first-order valence-electron chi connectivity index (χ1n) is 4.65. The van der Waals surface area contributed by atoms with E-state index in [1.54, 1.807) is 6.08 Å². The molecule has 1 fully saturated rings. The summed E-state index contributed by atoms with van der Waals surface area (Å²) in [6, 6.07) is 0.00505. The Bertz CT molecular complexity index is 239.